The Morgan fingerprint density at radius 2 is 2.16 bits per heavy atom. The lowest BCUT2D eigenvalue weighted by molar-refractivity contribution is -0.116. The number of rotatable bonds is 3. The van der Waals surface area contributed by atoms with Crippen molar-refractivity contribution >= 4 is 22.6 Å². The highest BCUT2D eigenvalue weighted by Crippen LogP contribution is 2.16. The first-order valence-corrected chi connectivity index (χ1v) is 6.55. The molecule has 5 heteroatoms. The highest BCUT2D eigenvalue weighted by molar-refractivity contribution is 5.93. The topological polar surface area (TPSA) is 66.9 Å². The zero-order valence-electron chi connectivity index (χ0n) is 10.6. The van der Waals surface area contributed by atoms with Crippen LogP contribution in [0.5, 0.6) is 0 Å². The van der Waals surface area contributed by atoms with E-state index in [-0.39, 0.29) is 5.91 Å². The van der Waals surface area contributed by atoms with Crippen molar-refractivity contribution < 1.29 is 4.79 Å². The molecule has 0 bridgehead atoms. The molecular formula is C14H16N4O. The van der Waals surface area contributed by atoms with Gasteiger partial charge in [-0.3, -0.25) is 14.8 Å². The van der Waals surface area contributed by atoms with Crippen molar-refractivity contribution in [2.75, 3.05) is 11.9 Å². The quantitative estimate of drug-likeness (QED) is 0.877. The second-order valence-corrected chi connectivity index (χ2v) is 4.81. The molecule has 5 nitrogen and oxygen atoms in total. The third kappa shape index (κ3) is 2.88. The number of aromatic nitrogens is 2. The minimum atomic E-state index is 0.0441. The van der Waals surface area contributed by atoms with Crippen LogP contribution in [0.25, 0.3) is 11.0 Å². The van der Waals surface area contributed by atoms with Gasteiger partial charge in [0.25, 0.3) is 0 Å². The molecule has 0 spiro atoms. The van der Waals surface area contributed by atoms with E-state index >= 15 is 0 Å². The smallest absolute Gasteiger partial charge is 0.225 e. The summed E-state index contributed by atoms with van der Waals surface area (Å²) in [5.41, 5.74) is 2.40. The summed E-state index contributed by atoms with van der Waals surface area (Å²) in [6, 6.07) is 5.89. The van der Waals surface area contributed by atoms with Crippen LogP contribution >= 0.6 is 0 Å². The molecule has 1 fully saturated rings. The van der Waals surface area contributed by atoms with Crippen LogP contribution in [0.4, 0.5) is 5.69 Å². The number of nitrogens with one attached hydrogen (secondary N) is 2. The van der Waals surface area contributed by atoms with Crippen LogP contribution in [-0.4, -0.2) is 28.5 Å². The summed E-state index contributed by atoms with van der Waals surface area (Å²) in [6.07, 6.45) is 6.07. The highest BCUT2D eigenvalue weighted by Gasteiger charge is 2.17. The third-order valence-electron chi connectivity index (χ3n) is 3.35. The molecule has 0 aliphatic carbocycles. The Kier molecular flexibility index (Phi) is 3.37. The second-order valence-electron chi connectivity index (χ2n) is 4.81. The molecule has 1 aromatic carbocycles. The second kappa shape index (κ2) is 5.32. The molecule has 2 N–H and O–H groups in total. The first-order valence-electron chi connectivity index (χ1n) is 6.55. The average Bonchev–Trinajstić information content (AvgIpc) is 2.91. The van der Waals surface area contributed by atoms with Crippen LogP contribution in [-0.2, 0) is 4.79 Å². The standard InChI is InChI=1S/C14H16N4O/c19-14(9-10-2-1-5-15-10)18-11-3-4-12-13(8-11)17-7-6-16-12/h3-4,6-8,10,15H,1-2,5,9H2,(H,18,19). The summed E-state index contributed by atoms with van der Waals surface area (Å²) in [7, 11) is 0. The lowest BCUT2D eigenvalue weighted by atomic mass is 10.1. The Morgan fingerprint density at radius 3 is 2.95 bits per heavy atom. The van der Waals surface area contributed by atoms with Gasteiger partial charge in [0.2, 0.25) is 5.91 Å². The Balaban J connectivity index is 1.68. The number of carbonyl (C=O) groups excluding carboxylic acids is 1. The maximum Gasteiger partial charge on any atom is 0.225 e. The van der Waals surface area contributed by atoms with Crippen LogP contribution in [0.3, 0.4) is 0 Å². The van der Waals surface area contributed by atoms with Gasteiger partial charge in [0.15, 0.2) is 0 Å². The van der Waals surface area contributed by atoms with E-state index in [4.69, 9.17) is 0 Å². The molecule has 0 radical (unpaired) electrons. The van der Waals surface area contributed by atoms with Crippen molar-refractivity contribution in [2.24, 2.45) is 0 Å². The minimum absolute atomic E-state index is 0.0441. The monoisotopic (exact) mass is 256 g/mol. The average molecular weight is 256 g/mol. The summed E-state index contributed by atoms with van der Waals surface area (Å²) >= 11 is 0. The summed E-state index contributed by atoms with van der Waals surface area (Å²) in [6.45, 7) is 1.02. The molecule has 2 aromatic rings. The van der Waals surface area contributed by atoms with E-state index in [1.165, 1.54) is 0 Å². The number of carbonyl (C=O) groups is 1. The minimum Gasteiger partial charge on any atom is -0.326 e. The maximum absolute atomic E-state index is 11.9. The molecule has 19 heavy (non-hydrogen) atoms. The van der Waals surface area contributed by atoms with E-state index in [0.717, 1.165) is 36.1 Å². The molecule has 1 atom stereocenters. The van der Waals surface area contributed by atoms with E-state index in [1.807, 2.05) is 18.2 Å². The van der Waals surface area contributed by atoms with Gasteiger partial charge in [-0.05, 0) is 37.6 Å². The lowest BCUT2D eigenvalue weighted by Gasteiger charge is -2.10. The van der Waals surface area contributed by atoms with Gasteiger partial charge in [0.05, 0.1) is 11.0 Å². The van der Waals surface area contributed by atoms with Gasteiger partial charge >= 0.3 is 0 Å². The number of anilines is 1. The molecule has 1 aliphatic heterocycles. The van der Waals surface area contributed by atoms with E-state index in [1.54, 1.807) is 12.4 Å². The normalized spacial score (nSPS) is 18.6. The molecule has 3 rings (SSSR count). The molecule has 0 saturated carbocycles. The van der Waals surface area contributed by atoms with E-state index < -0.39 is 0 Å². The first-order chi connectivity index (χ1) is 9.31. The van der Waals surface area contributed by atoms with Gasteiger partial charge in [-0.15, -0.1) is 0 Å². The van der Waals surface area contributed by atoms with Crippen molar-refractivity contribution in [3.8, 4) is 0 Å². The molecule has 98 valence electrons. The lowest BCUT2D eigenvalue weighted by Crippen LogP contribution is -2.27. The van der Waals surface area contributed by atoms with Crippen LogP contribution in [0.1, 0.15) is 19.3 Å². The highest BCUT2D eigenvalue weighted by atomic mass is 16.1. The van der Waals surface area contributed by atoms with Gasteiger partial charge in [-0.25, -0.2) is 0 Å². The van der Waals surface area contributed by atoms with Crippen molar-refractivity contribution in [2.45, 2.75) is 25.3 Å². The van der Waals surface area contributed by atoms with E-state index in [9.17, 15) is 4.79 Å². The molecule has 1 aromatic heterocycles. The van der Waals surface area contributed by atoms with Gasteiger partial charge in [-0.2, -0.15) is 0 Å². The number of hydrogen-bond donors (Lipinski definition) is 2. The summed E-state index contributed by atoms with van der Waals surface area (Å²) in [5.74, 6) is 0.0441. The molecule has 2 heterocycles. The molecular weight excluding hydrogens is 240 g/mol. The van der Waals surface area contributed by atoms with E-state index in [2.05, 4.69) is 20.6 Å². The SMILES string of the molecule is O=C(CC1CCCN1)Nc1ccc2nccnc2c1. The number of amides is 1. The summed E-state index contributed by atoms with van der Waals surface area (Å²) in [4.78, 5) is 20.3. The Labute approximate surface area is 111 Å². The fraction of sp³-hybridized carbons (Fsp3) is 0.357. The number of nitrogens with zero attached hydrogens (tertiary/aromatic N) is 2. The summed E-state index contributed by atoms with van der Waals surface area (Å²) in [5, 5.41) is 6.23. The summed E-state index contributed by atoms with van der Waals surface area (Å²) < 4.78 is 0. The van der Waals surface area contributed by atoms with Crippen molar-refractivity contribution in [3.05, 3.63) is 30.6 Å². The maximum atomic E-state index is 11.9. The van der Waals surface area contributed by atoms with Crippen molar-refractivity contribution in [1.29, 1.82) is 0 Å². The largest absolute Gasteiger partial charge is 0.326 e. The van der Waals surface area contributed by atoms with E-state index in [0.29, 0.717) is 12.5 Å². The molecule has 1 saturated heterocycles. The zero-order chi connectivity index (χ0) is 13.1. The fourth-order valence-electron chi connectivity index (χ4n) is 2.41. The van der Waals surface area contributed by atoms with Gasteiger partial charge in [-0.1, -0.05) is 0 Å². The van der Waals surface area contributed by atoms with Gasteiger partial charge in [0, 0.05) is 30.5 Å². The van der Waals surface area contributed by atoms with Gasteiger partial charge in [0.1, 0.15) is 0 Å². The van der Waals surface area contributed by atoms with Crippen LogP contribution < -0.4 is 10.6 Å². The third-order valence-corrected chi connectivity index (χ3v) is 3.35. The van der Waals surface area contributed by atoms with Crippen molar-refractivity contribution in [1.82, 2.24) is 15.3 Å². The van der Waals surface area contributed by atoms with Crippen LogP contribution in [0.2, 0.25) is 0 Å². The number of fused-ring (bicyclic) bond motifs is 1. The predicted octanol–water partition coefficient (Wildman–Crippen LogP) is 1.71. The zero-order valence-corrected chi connectivity index (χ0v) is 10.6. The number of hydrogen-bond acceptors (Lipinski definition) is 4. The number of benzene rings is 1. The predicted molar refractivity (Wildman–Crippen MR) is 73.8 cm³/mol. The Bertz CT molecular complexity index is 593. The van der Waals surface area contributed by atoms with Crippen LogP contribution in [0.15, 0.2) is 30.6 Å². The van der Waals surface area contributed by atoms with Crippen LogP contribution in [0, 0.1) is 0 Å². The fourth-order valence-corrected chi connectivity index (χ4v) is 2.41. The first kappa shape index (κ1) is 12.0. The molecule has 1 aliphatic rings. The van der Waals surface area contributed by atoms with Crippen molar-refractivity contribution in [3.63, 3.8) is 0 Å². The Hall–Kier alpha value is -2.01. The molecule has 1 unspecified atom stereocenters. The van der Waals surface area contributed by atoms with Gasteiger partial charge < -0.3 is 10.6 Å². The molecule has 1 amide bonds. The Morgan fingerprint density at radius 1 is 1.32 bits per heavy atom.